The molecule has 4 rings (SSSR count). The van der Waals surface area contributed by atoms with Crippen molar-refractivity contribution in [3.05, 3.63) is 65.7 Å². The number of benzene rings is 2. The topological polar surface area (TPSA) is 52.7 Å². The van der Waals surface area contributed by atoms with E-state index >= 15 is 0 Å². The van der Waals surface area contributed by atoms with Crippen molar-refractivity contribution in [1.29, 1.82) is 0 Å². The molecule has 1 unspecified atom stereocenters. The highest BCUT2D eigenvalue weighted by molar-refractivity contribution is 6.08. The van der Waals surface area contributed by atoms with Crippen LogP contribution < -0.4 is 10.2 Å². The van der Waals surface area contributed by atoms with E-state index in [-0.39, 0.29) is 17.9 Å². The average molecular weight is 392 g/mol. The quantitative estimate of drug-likeness (QED) is 0.796. The highest BCUT2D eigenvalue weighted by Crippen LogP contribution is 2.48. The molecule has 1 atom stereocenters. The van der Waals surface area contributed by atoms with Crippen LogP contribution in [0.25, 0.3) is 0 Å². The summed E-state index contributed by atoms with van der Waals surface area (Å²) in [6, 6.07) is 18.2. The first kappa shape index (κ1) is 19.5. The minimum Gasteiger partial charge on any atom is -0.368 e. The van der Waals surface area contributed by atoms with E-state index in [0.717, 1.165) is 18.7 Å². The van der Waals surface area contributed by atoms with Crippen LogP contribution in [-0.4, -0.2) is 42.9 Å². The van der Waals surface area contributed by atoms with Crippen molar-refractivity contribution in [3.8, 4) is 0 Å². The van der Waals surface area contributed by atoms with E-state index in [4.69, 9.17) is 0 Å². The van der Waals surface area contributed by atoms with Gasteiger partial charge in [-0.15, -0.1) is 0 Å². The van der Waals surface area contributed by atoms with Crippen molar-refractivity contribution >= 4 is 17.5 Å². The Morgan fingerprint density at radius 3 is 2.28 bits per heavy atom. The lowest BCUT2D eigenvalue weighted by Gasteiger charge is -2.37. The number of anilines is 1. The minimum atomic E-state index is -0.853. The fraction of sp³-hybridized carbons (Fsp3) is 0.417. The maximum absolute atomic E-state index is 13.2. The largest absolute Gasteiger partial charge is 0.368 e. The molecule has 2 amide bonds. The van der Waals surface area contributed by atoms with Crippen LogP contribution in [0.5, 0.6) is 0 Å². The molecule has 1 N–H and O–H groups in total. The molecule has 0 bridgehead atoms. The number of carbonyl (C=O) groups excluding carboxylic acids is 2. The lowest BCUT2D eigenvalue weighted by molar-refractivity contribution is -0.144. The molecule has 1 heterocycles. The van der Waals surface area contributed by atoms with Crippen molar-refractivity contribution < 1.29 is 9.59 Å². The predicted octanol–water partition coefficient (Wildman–Crippen LogP) is 3.30. The highest BCUT2D eigenvalue weighted by atomic mass is 16.2. The van der Waals surface area contributed by atoms with Crippen LogP contribution in [0.1, 0.15) is 36.9 Å². The molecule has 29 heavy (non-hydrogen) atoms. The Morgan fingerprint density at radius 1 is 0.966 bits per heavy atom. The van der Waals surface area contributed by atoms with Crippen molar-refractivity contribution in [2.45, 2.75) is 32.7 Å². The molecular formula is C24H29N3O2. The standard InChI is InChI=1S/C24H29N3O2/c1-18-7-6-10-21(17-18)26-13-15-27(16-14-26)23(29)24(11-12-24)22(28)25-19(2)20-8-4-3-5-9-20/h3-10,17,19H,11-16H2,1-2H3,(H,25,28). The number of hydrogen-bond donors (Lipinski definition) is 1. The van der Waals surface area contributed by atoms with Crippen LogP contribution in [0.4, 0.5) is 5.69 Å². The third kappa shape index (κ3) is 4.00. The molecule has 0 radical (unpaired) electrons. The molecule has 0 spiro atoms. The zero-order chi connectivity index (χ0) is 20.4. The summed E-state index contributed by atoms with van der Waals surface area (Å²) in [6.07, 6.45) is 1.30. The summed E-state index contributed by atoms with van der Waals surface area (Å²) in [5, 5.41) is 3.06. The highest BCUT2D eigenvalue weighted by Gasteiger charge is 2.58. The normalized spacial score (nSPS) is 18.8. The average Bonchev–Trinajstić information content (AvgIpc) is 3.56. The van der Waals surface area contributed by atoms with Gasteiger partial charge in [0.15, 0.2) is 0 Å². The number of aryl methyl sites for hydroxylation is 1. The van der Waals surface area contributed by atoms with Gasteiger partial charge in [-0.1, -0.05) is 42.5 Å². The van der Waals surface area contributed by atoms with E-state index in [0.29, 0.717) is 25.9 Å². The summed E-state index contributed by atoms with van der Waals surface area (Å²) < 4.78 is 0. The van der Waals surface area contributed by atoms with Crippen LogP contribution >= 0.6 is 0 Å². The van der Waals surface area contributed by atoms with Crippen LogP contribution in [0, 0.1) is 12.3 Å². The second kappa shape index (κ2) is 7.90. The second-order valence-corrected chi connectivity index (χ2v) is 8.31. The van der Waals surface area contributed by atoms with Crippen molar-refractivity contribution in [2.24, 2.45) is 5.41 Å². The summed E-state index contributed by atoms with van der Waals surface area (Å²) in [4.78, 5) is 30.3. The summed E-state index contributed by atoms with van der Waals surface area (Å²) in [7, 11) is 0. The molecule has 2 fully saturated rings. The Morgan fingerprint density at radius 2 is 1.66 bits per heavy atom. The fourth-order valence-corrected chi connectivity index (χ4v) is 4.12. The molecule has 5 nitrogen and oxygen atoms in total. The van der Waals surface area contributed by atoms with Crippen molar-refractivity contribution in [2.75, 3.05) is 31.1 Å². The SMILES string of the molecule is Cc1cccc(N2CCN(C(=O)C3(C(=O)NC(C)c4ccccc4)CC3)CC2)c1. The van der Waals surface area contributed by atoms with Crippen LogP contribution in [0.2, 0.25) is 0 Å². The molecule has 0 aromatic heterocycles. The number of nitrogens with zero attached hydrogens (tertiary/aromatic N) is 2. The smallest absolute Gasteiger partial charge is 0.238 e. The first-order valence-corrected chi connectivity index (χ1v) is 10.5. The van der Waals surface area contributed by atoms with Gasteiger partial charge in [0, 0.05) is 31.9 Å². The van der Waals surface area contributed by atoms with E-state index in [9.17, 15) is 9.59 Å². The minimum absolute atomic E-state index is 0.000783. The summed E-state index contributed by atoms with van der Waals surface area (Å²) in [5.41, 5.74) is 2.64. The first-order valence-electron chi connectivity index (χ1n) is 10.5. The Kier molecular flexibility index (Phi) is 5.31. The number of piperazine rings is 1. The second-order valence-electron chi connectivity index (χ2n) is 8.31. The third-order valence-corrected chi connectivity index (χ3v) is 6.17. The predicted molar refractivity (Wildman–Crippen MR) is 115 cm³/mol. The number of hydrogen-bond acceptors (Lipinski definition) is 3. The molecule has 1 saturated heterocycles. The summed E-state index contributed by atoms with van der Waals surface area (Å²) >= 11 is 0. The number of rotatable bonds is 5. The van der Waals surface area contributed by atoms with Crippen LogP contribution in [-0.2, 0) is 9.59 Å². The zero-order valence-electron chi connectivity index (χ0n) is 17.2. The number of nitrogens with one attached hydrogen (secondary N) is 1. The maximum atomic E-state index is 13.2. The third-order valence-electron chi connectivity index (χ3n) is 6.17. The van der Waals surface area contributed by atoms with Gasteiger partial charge >= 0.3 is 0 Å². The van der Waals surface area contributed by atoms with Gasteiger partial charge in [-0.25, -0.2) is 0 Å². The lowest BCUT2D eigenvalue weighted by Crippen LogP contribution is -2.53. The van der Waals surface area contributed by atoms with Gasteiger partial charge in [-0.2, -0.15) is 0 Å². The summed E-state index contributed by atoms with van der Waals surface area (Å²) in [6.45, 7) is 6.98. The van der Waals surface area contributed by atoms with E-state index in [1.165, 1.54) is 11.3 Å². The Labute approximate surface area is 172 Å². The first-order chi connectivity index (χ1) is 14.0. The Balaban J connectivity index is 1.36. The molecule has 2 aromatic carbocycles. The van der Waals surface area contributed by atoms with Gasteiger partial charge < -0.3 is 15.1 Å². The van der Waals surface area contributed by atoms with Gasteiger partial charge in [0.05, 0.1) is 6.04 Å². The molecule has 2 aromatic rings. The van der Waals surface area contributed by atoms with Crippen molar-refractivity contribution in [3.63, 3.8) is 0 Å². The monoisotopic (exact) mass is 391 g/mol. The Hall–Kier alpha value is -2.82. The van der Waals surface area contributed by atoms with E-state index in [1.807, 2.05) is 42.2 Å². The van der Waals surface area contributed by atoms with E-state index in [1.54, 1.807) is 0 Å². The van der Waals surface area contributed by atoms with Crippen LogP contribution in [0.3, 0.4) is 0 Å². The van der Waals surface area contributed by atoms with Crippen LogP contribution in [0.15, 0.2) is 54.6 Å². The van der Waals surface area contributed by atoms with E-state index < -0.39 is 5.41 Å². The molecule has 5 heteroatoms. The van der Waals surface area contributed by atoms with Gasteiger partial charge in [0.2, 0.25) is 11.8 Å². The molecular weight excluding hydrogens is 362 g/mol. The van der Waals surface area contributed by atoms with Gasteiger partial charge in [0.25, 0.3) is 0 Å². The number of carbonyl (C=O) groups is 2. The molecule has 152 valence electrons. The molecule has 1 saturated carbocycles. The maximum Gasteiger partial charge on any atom is 0.238 e. The summed E-state index contributed by atoms with van der Waals surface area (Å²) in [5.74, 6) is -0.126. The molecule has 1 aliphatic carbocycles. The number of amides is 2. The van der Waals surface area contributed by atoms with Gasteiger partial charge in [0.1, 0.15) is 5.41 Å². The zero-order valence-corrected chi connectivity index (χ0v) is 17.2. The van der Waals surface area contributed by atoms with Gasteiger partial charge in [-0.3, -0.25) is 9.59 Å². The molecule has 1 aliphatic heterocycles. The van der Waals surface area contributed by atoms with Crippen molar-refractivity contribution in [1.82, 2.24) is 10.2 Å². The van der Waals surface area contributed by atoms with E-state index in [2.05, 4.69) is 41.4 Å². The Bertz CT molecular complexity index is 884. The fourth-order valence-electron chi connectivity index (χ4n) is 4.12. The molecule has 2 aliphatic rings. The lowest BCUT2D eigenvalue weighted by atomic mass is 10.0. The van der Waals surface area contributed by atoms with Gasteiger partial charge in [-0.05, 0) is 49.9 Å².